The number of aromatic nitrogens is 2. The average molecular weight is 301 g/mol. The molecule has 0 aliphatic heterocycles. The molecular weight excluding hydrogens is 274 g/mol. The zero-order valence-electron chi connectivity index (χ0n) is 13.2. The molecule has 0 fully saturated rings. The fourth-order valence-corrected chi connectivity index (χ4v) is 3.92. The van der Waals surface area contributed by atoms with Crippen LogP contribution in [0, 0.1) is 6.92 Å². The summed E-state index contributed by atoms with van der Waals surface area (Å²) in [5.41, 5.74) is 1.15. The van der Waals surface area contributed by atoms with Crippen LogP contribution in [0.2, 0.25) is 6.04 Å². The number of nitrogens with one attached hydrogen (secondary N) is 1. The van der Waals surface area contributed by atoms with E-state index in [0.717, 1.165) is 43.6 Å². The van der Waals surface area contributed by atoms with E-state index in [0.29, 0.717) is 0 Å². The Bertz CT molecular complexity index is 374. The Morgan fingerprint density at radius 3 is 2.35 bits per heavy atom. The summed E-state index contributed by atoms with van der Waals surface area (Å²) in [7, 11) is 2.54. The van der Waals surface area contributed by atoms with Crippen LogP contribution in [0.15, 0.2) is 6.20 Å². The van der Waals surface area contributed by atoms with Crippen LogP contribution in [0.3, 0.4) is 0 Å². The average Bonchev–Trinajstić information content (AvgIpc) is 2.88. The predicted molar refractivity (Wildman–Crippen MR) is 80.5 cm³/mol. The number of rotatable bonds is 10. The number of hydrogen-bond donors (Lipinski definition) is 1. The Morgan fingerprint density at radius 1 is 1.25 bits per heavy atom. The number of aromatic amines is 1. The molecule has 1 N–H and O–H groups in total. The molecule has 0 atom stereocenters. The minimum Gasteiger partial charge on any atom is -0.377 e. The van der Waals surface area contributed by atoms with Gasteiger partial charge >= 0.3 is 8.80 Å². The molecule has 20 heavy (non-hydrogen) atoms. The fourth-order valence-electron chi connectivity index (χ4n) is 2.22. The Kier molecular flexibility index (Phi) is 7.39. The molecule has 1 aromatic heterocycles. The minimum absolute atomic E-state index is 0.828. The summed E-state index contributed by atoms with van der Waals surface area (Å²) in [4.78, 5) is 9.86. The summed E-state index contributed by atoms with van der Waals surface area (Å²) in [6.45, 7) is 7.00. The van der Waals surface area contributed by atoms with Gasteiger partial charge in [-0.3, -0.25) is 4.90 Å². The molecule has 0 saturated carbocycles. The van der Waals surface area contributed by atoms with E-state index in [9.17, 15) is 0 Å². The van der Waals surface area contributed by atoms with Crippen molar-refractivity contribution in [2.24, 2.45) is 0 Å². The van der Waals surface area contributed by atoms with Crippen molar-refractivity contribution in [2.75, 3.05) is 34.4 Å². The molecule has 7 heteroatoms. The third-order valence-electron chi connectivity index (χ3n) is 3.49. The molecule has 0 aliphatic carbocycles. The van der Waals surface area contributed by atoms with Crippen LogP contribution in [-0.4, -0.2) is 58.1 Å². The first-order valence-corrected chi connectivity index (χ1v) is 8.90. The van der Waals surface area contributed by atoms with E-state index in [2.05, 4.69) is 21.8 Å². The van der Waals surface area contributed by atoms with Gasteiger partial charge in [0.2, 0.25) is 0 Å². The van der Waals surface area contributed by atoms with E-state index >= 15 is 0 Å². The van der Waals surface area contributed by atoms with Crippen LogP contribution in [0.25, 0.3) is 0 Å². The van der Waals surface area contributed by atoms with Crippen molar-refractivity contribution < 1.29 is 13.3 Å². The quantitative estimate of drug-likeness (QED) is 0.668. The van der Waals surface area contributed by atoms with Crippen molar-refractivity contribution in [3.05, 3.63) is 17.7 Å². The first-order valence-electron chi connectivity index (χ1n) is 6.97. The molecule has 0 aliphatic rings. The van der Waals surface area contributed by atoms with Crippen molar-refractivity contribution in [1.29, 1.82) is 0 Å². The molecule has 0 unspecified atom stereocenters. The second-order valence-electron chi connectivity index (χ2n) is 4.76. The number of H-pyrrole nitrogens is 1. The van der Waals surface area contributed by atoms with Crippen LogP contribution >= 0.6 is 0 Å². The van der Waals surface area contributed by atoms with Gasteiger partial charge in [0.1, 0.15) is 5.82 Å². The first kappa shape index (κ1) is 17.3. The zero-order chi connectivity index (χ0) is 15.0. The Morgan fingerprint density at radius 2 is 1.90 bits per heavy atom. The zero-order valence-corrected chi connectivity index (χ0v) is 14.2. The smallest absolute Gasteiger partial charge is 0.377 e. The fraction of sp³-hybridized carbons (Fsp3) is 0.769. The molecule has 0 spiro atoms. The van der Waals surface area contributed by atoms with Crippen LogP contribution < -0.4 is 0 Å². The van der Waals surface area contributed by atoms with Gasteiger partial charge in [0.05, 0.1) is 0 Å². The van der Waals surface area contributed by atoms with E-state index in [4.69, 9.17) is 13.3 Å². The van der Waals surface area contributed by atoms with E-state index < -0.39 is 8.80 Å². The highest BCUT2D eigenvalue weighted by Gasteiger charge is 2.36. The van der Waals surface area contributed by atoms with Gasteiger partial charge < -0.3 is 18.3 Å². The Hall–Kier alpha value is -0.733. The SMILES string of the molecule is CCN(CCC[Si](OC)(OC)OC)Cc1cnc(C)[nH]1. The maximum Gasteiger partial charge on any atom is 0.500 e. The van der Waals surface area contributed by atoms with E-state index in [1.54, 1.807) is 21.3 Å². The molecule has 1 aromatic rings. The lowest BCUT2D eigenvalue weighted by molar-refractivity contribution is 0.121. The lowest BCUT2D eigenvalue weighted by Gasteiger charge is -2.26. The third-order valence-corrected chi connectivity index (χ3v) is 6.32. The van der Waals surface area contributed by atoms with Gasteiger partial charge in [0.25, 0.3) is 0 Å². The number of aryl methyl sites for hydroxylation is 1. The molecule has 0 aromatic carbocycles. The summed E-state index contributed by atoms with van der Waals surface area (Å²) in [5.74, 6) is 0.959. The molecule has 0 amide bonds. The van der Waals surface area contributed by atoms with Crippen molar-refractivity contribution >= 4 is 8.80 Å². The van der Waals surface area contributed by atoms with E-state index in [1.165, 1.54) is 0 Å². The monoisotopic (exact) mass is 301 g/mol. The highest BCUT2D eigenvalue weighted by molar-refractivity contribution is 6.60. The maximum atomic E-state index is 5.43. The predicted octanol–water partition coefficient (Wildman–Crippen LogP) is 1.81. The lowest BCUT2D eigenvalue weighted by atomic mass is 10.3. The summed E-state index contributed by atoms with van der Waals surface area (Å²) < 4.78 is 16.3. The maximum absolute atomic E-state index is 5.43. The summed E-state index contributed by atoms with van der Waals surface area (Å²) >= 11 is 0. The van der Waals surface area contributed by atoms with Crippen molar-refractivity contribution in [3.8, 4) is 0 Å². The van der Waals surface area contributed by atoms with Crippen molar-refractivity contribution in [3.63, 3.8) is 0 Å². The normalized spacial score (nSPS) is 12.3. The van der Waals surface area contributed by atoms with Gasteiger partial charge in [0, 0.05) is 45.8 Å². The highest BCUT2D eigenvalue weighted by atomic mass is 28.4. The number of nitrogens with zero attached hydrogens (tertiary/aromatic N) is 2. The van der Waals surface area contributed by atoms with Crippen LogP contribution in [0.1, 0.15) is 24.9 Å². The minimum atomic E-state index is -2.43. The van der Waals surface area contributed by atoms with Gasteiger partial charge in [-0.25, -0.2) is 4.98 Å². The molecular formula is C13H27N3O3Si. The Balaban J connectivity index is 2.41. The summed E-state index contributed by atoms with van der Waals surface area (Å²) in [6.07, 6.45) is 2.89. The van der Waals surface area contributed by atoms with Gasteiger partial charge in [-0.1, -0.05) is 6.92 Å². The molecule has 0 radical (unpaired) electrons. The molecule has 1 rings (SSSR count). The van der Waals surface area contributed by atoms with Gasteiger partial charge in [-0.2, -0.15) is 0 Å². The summed E-state index contributed by atoms with van der Waals surface area (Å²) in [5, 5.41) is 0. The standard InChI is InChI=1S/C13H27N3O3Si/c1-6-16(11-13-10-14-12(2)15-13)8-7-9-20(17-3,18-4)19-5/h10H,6-9,11H2,1-5H3,(H,14,15). The molecule has 116 valence electrons. The first-order chi connectivity index (χ1) is 9.59. The number of imidazole rings is 1. The Labute approximate surface area is 122 Å². The topological polar surface area (TPSA) is 59.6 Å². The highest BCUT2D eigenvalue weighted by Crippen LogP contribution is 2.15. The van der Waals surface area contributed by atoms with Crippen LogP contribution in [0.5, 0.6) is 0 Å². The molecule has 1 heterocycles. The largest absolute Gasteiger partial charge is 0.500 e. The van der Waals surface area contributed by atoms with Crippen molar-refractivity contribution in [1.82, 2.24) is 14.9 Å². The summed E-state index contributed by atoms with van der Waals surface area (Å²) in [6, 6.07) is 0.828. The molecule has 6 nitrogen and oxygen atoms in total. The number of hydrogen-bond acceptors (Lipinski definition) is 5. The van der Waals surface area contributed by atoms with Gasteiger partial charge in [-0.05, 0) is 26.4 Å². The molecule has 0 bridgehead atoms. The van der Waals surface area contributed by atoms with Crippen molar-refractivity contribution in [2.45, 2.75) is 32.9 Å². The van der Waals surface area contributed by atoms with Crippen LogP contribution in [0.4, 0.5) is 0 Å². The van der Waals surface area contributed by atoms with E-state index in [-0.39, 0.29) is 0 Å². The van der Waals surface area contributed by atoms with E-state index in [1.807, 2.05) is 13.1 Å². The second kappa shape index (κ2) is 8.53. The van der Waals surface area contributed by atoms with Gasteiger partial charge in [0.15, 0.2) is 0 Å². The molecule has 0 saturated heterocycles. The third kappa shape index (κ3) is 4.99. The second-order valence-corrected chi connectivity index (χ2v) is 7.85. The van der Waals surface area contributed by atoms with Crippen LogP contribution in [-0.2, 0) is 19.8 Å². The van der Waals surface area contributed by atoms with Gasteiger partial charge in [-0.15, -0.1) is 0 Å². The lowest BCUT2D eigenvalue weighted by Crippen LogP contribution is -2.43.